The van der Waals surface area contributed by atoms with Crippen LogP contribution in [-0.2, 0) is 9.59 Å². The van der Waals surface area contributed by atoms with Crippen molar-refractivity contribution in [1.82, 2.24) is 0 Å². The van der Waals surface area contributed by atoms with E-state index in [2.05, 4.69) is 5.32 Å². The summed E-state index contributed by atoms with van der Waals surface area (Å²) in [6, 6.07) is 15.9. The van der Waals surface area contributed by atoms with E-state index in [1.807, 2.05) is 6.07 Å². The number of nitrogens with zero attached hydrogens (tertiary/aromatic N) is 1. The second-order valence-corrected chi connectivity index (χ2v) is 6.75. The number of benzene rings is 2. The minimum atomic E-state index is -0.611. The Balaban J connectivity index is 1.68. The van der Waals surface area contributed by atoms with Gasteiger partial charge in [-0.15, -0.1) is 0 Å². The molecule has 2 amide bonds. The van der Waals surface area contributed by atoms with Crippen molar-refractivity contribution in [3.8, 4) is 0 Å². The molecule has 1 aliphatic rings. The van der Waals surface area contributed by atoms with Crippen molar-refractivity contribution < 1.29 is 9.59 Å². The van der Waals surface area contributed by atoms with Crippen LogP contribution in [0.1, 0.15) is 6.42 Å². The number of halogens is 1. The lowest BCUT2D eigenvalue weighted by molar-refractivity contribution is -0.121. The average Bonchev–Trinajstić information content (AvgIpc) is 2.84. The molecule has 0 aliphatic carbocycles. The van der Waals surface area contributed by atoms with E-state index in [9.17, 15) is 9.59 Å². The van der Waals surface area contributed by atoms with Gasteiger partial charge in [0.15, 0.2) is 5.17 Å². The summed E-state index contributed by atoms with van der Waals surface area (Å²) < 4.78 is 0. The van der Waals surface area contributed by atoms with E-state index in [1.165, 1.54) is 4.90 Å². The number of amides is 2. The number of carbonyl (C=O) groups is 2. The van der Waals surface area contributed by atoms with Crippen molar-refractivity contribution in [2.24, 2.45) is 0 Å². The summed E-state index contributed by atoms with van der Waals surface area (Å²) in [5, 5.41) is 10.7. The molecule has 122 valence electrons. The topological polar surface area (TPSA) is 73.3 Å². The Bertz CT molecular complexity index is 797. The molecule has 1 heterocycles. The van der Waals surface area contributed by atoms with Crippen LogP contribution in [0.2, 0.25) is 5.02 Å². The molecule has 5 nitrogen and oxygen atoms in total. The van der Waals surface area contributed by atoms with Crippen LogP contribution in [0.15, 0.2) is 54.6 Å². The molecule has 1 fully saturated rings. The molecule has 1 aliphatic heterocycles. The predicted molar refractivity (Wildman–Crippen MR) is 97.7 cm³/mol. The minimum Gasteiger partial charge on any atom is -0.325 e. The summed E-state index contributed by atoms with van der Waals surface area (Å²) in [7, 11) is 0. The third-order valence-corrected chi connectivity index (χ3v) is 4.87. The minimum absolute atomic E-state index is 0.0135. The Labute approximate surface area is 148 Å². The van der Waals surface area contributed by atoms with Gasteiger partial charge in [-0.3, -0.25) is 19.9 Å². The van der Waals surface area contributed by atoms with E-state index in [1.54, 1.807) is 48.5 Å². The zero-order chi connectivity index (χ0) is 17.1. The molecule has 0 saturated carbocycles. The maximum Gasteiger partial charge on any atom is 0.247 e. The molecule has 1 atom stereocenters. The molecule has 0 spiro atoms. The predicted octanol–water partition coefficient (Wildman–Crippen LogP) is 3.75. The SMILES string of the molecule is N=C1S[C@H](CC(=O)Nc2ccccc2Cl)C(=O)N1c1ccccc1. The van der Waals surface area contributed by atoms with Gasteiger partial charge in [-0.05, 0) is 24.3 Å². The first-order chi connectivity index (χ1) is 11.6. The molecule has 2 aromatic rings. The van der Waals surface area contributed by atoms with Crippen LogP contribution in [0.4, 0.5) is 11.4 Å². The van der Waals surface area contributed by atoms with Gasteiger partial charge in [0.2, 0.25) is 11.8 Å². The van der Waals surface area contributed by atoms with Gasteiger partial charge in [-0.1, -0.05) is 53.7 Å². The van der Waals surface area contributed by atoms with E-state index in [-0.39, 0.29) is 23.4 Å². The molecule has 0 aromatic heterocycles. The highest BCUT2D eigenvalue weighted by atomic mass is 35.5. The molecular formula is C17H14ClN3O2S. The van der Waals surface area contributed by atoms with Crippen molar-refractivity contribution in [3.63, 3.8) is 0 Å². The number of amidine groups is 1. The summed E-state index contributed by atoms with van der Waals surface area (Å²) >= 11 is 7.10. The first-order valence-electron chi connectivity index (χ1n) is 7.25. The molecule has 2 N–H and O–H groups in total. The maximum absolute atomic E-state index is 12.5. The van der Waals surface area contributed by atoms with Crippen molar-refractivity contribution in [2.45, 2.75) is 11.7 Å². The maximum atomic E-state index is 12.5. The molecule has 1 saturated heterocycles. The van der Waals surface area contributed by atoms with Gasteiger partial charge in [0.1, 0.15) is 5.25 Å². The number of thioether (sulfide) groups is 1. The van der Waals surface area contributed by atoms with Gasteiger partial charge in [-0.25, -0.2) is 0 Å². The van der Waals surface area contributed by atoms with Crippen LogP contribution in [0.3, 0.4) is 0 Å². The Morgan fingerprint density at radius 2 is 1.83 bits per heavy atom. The van der Waals surface area contributed by atoms with Crippen molar-refractivity contribution in [2.75, 3.05) is 10.2 Å². The first-order valence-corrected chi connectivity index (χ1v) is 8.50. The normalized spacial score (nSPS) is 17.2. The first kappa shape index (κ1) is 16.5. The largest absolute Gasteiger partial charge is 0.325 e. The van der Waals surface area contributed by atoms with Crippen LogP contribution in [0.5, 0.6) is 0 Å². The molecule has 2 aromatic carbocycles. The molecule has 24 heavy (non-hydrogen) atoms. The van der Waals surface area contributed by atoms with Gasteiger partial charge in [0.05, 0.1) is 16.4 Å². The van der Waals surface area contributed by atoms with Crippen LogP contribution in [0, 0.1) is 5.41 Å². The Morgan fingerprint density at radius 3 is 2.54 bits per heavy atom. The summed E-state index contributed by atoms with van der Waals surface area (Å²) in [5.74, 6) is -0.567. The summed E-state index contributed by atoms with van der Waals surface area (Å²) in [4.78, 5) is 26.1. The smallest absolute Gasteiger partial charge is 0.247 e. The lowest BCUT2D eigenvalue weighted by atomic mass is 10.2. The van der Waals surface area contributed by atoms with E-state index >= 15 is 0 Å². The van der Waals surface area contributed by atoms with Crippen molar-refractivity contribution >= 4 is 51.7 Å². The van der Waals surface area contributed by atoms with E-state index in [0.717, 1.165) is 11.8 Å². The molecule has 0 radical (unpaired) electrons. The van der Waals surface area contributed by atoms with Gasteiger partial charge >= 0.3 is 0 Å². The zero-order valence-corrected chi connectivity index (χ0v) is 14.1. The summed E-state index contributed by atoms with van der Waals surface area (Å²) in [5.41, 5.74) is 1.14. The average molecular weight is 360 g/mol. The molecule has 0 unspecified atom stereocenters. The van der Waals surface area contributed by atoms with Gasteiger partial charge < -0.3 is 5.32 Å². The standard InChI is InChI=1S/C17H14ClN3O2S/c18-12-8-4-5-9-13(12)20-15(22)10-14-16(23)21(17(19)24-14)11-6-2-1-3-7-11/h1-9,14,19H,10H2,(H,20,22)/t14-/m1/s1. The monoisotopic (exact) mass is 359 g/mol. The third kappa shape index (κ3) is 3.44. The van der Waals surface area contributed by atoms with Crippen LogP contribution >= 0.6 is 23.4 Å². The number of nitrogens with one attached hydrogen (secondary N) is 2. The number of hydrogen-bond acceptors (Lipinski definition) is 4. The lowest BCUT2D eigenvalue weighted by Crippen LogP contribution is -2.33. The van der Waals surface area contributed by atoms with Crippen LogP contribution in [0.25, 0.3) is 0 Å². The quantitative estimate of drug-likeness (QED) is 0.873. The summed E-state index contributed by atoms with van der Waals surface area (Å²) in [6.45, 7) is 0. The molecule has 0 bridgehead atoms. The fourth-order valence-corrected chi connectivity index (χ4v) is 3.56. The number of hydrogen-bond donors (Lipinski definition) is 2. The molecular weight excluding hydrogens is 346 g/mol. The Hall–Kier alpha value is -2.31. The highest BCUT2D eigenvalue weighted by Crippen LogP contribution is 2.33. The van der Waals surface area contributed by atoms with E-state index < -0.39 is 5.25 Å². The fraction of sp³-hybridized carbons (Fsp3) is 0.118. The number of rotatable bonds is 4. The molecule has 7 heteroatoms. The van der Waals surface area contributed by atoms with Gasteiger partial charge in [0, 0.05) is 6.42 Å². The van der Waals surface area contributed by atoms with Crippen LogP contribution < -0.4 is 10.2 Å². The third-order valence-electron chi connectivity index (χ3n) is 3.49. The zero-order valence-electron chi connectivity index (χ0n) is 12.5. The van der Waals surface area contributed by atoms with E-state index in [0.29, 0.717) is 16.4 Å². The number of anilines is 2. The van der Waals surface area contributed by atoms with Gasteiger partial charge in [-0.2, -0.15) is 0 Å². The fourth-order valence-electron chi connectivity index (χ4n) is 2.36. The Kier molecular flexibility index (Phi) is 4.87. The molecule has 3 rings (SSSR count). The van der Waals surface area contributed by atoms with Crippen molar-refractivity contribution in [1.29, 1.82) is 5.41 Å². The second-order valence-electron chi connectivity index (χ2n) is 5.15. The van der Waals surface area contributed by atoms with Crippen molar-refractivity contribution in [3.05, 3.63) is 59.6 Å². The van der Waals surface area contributed by atoms with E-state index in [4.69, 9.17) is 17.0 Å². The number of carbonyl (C=O) groups excluding carboxylic acids is 2. The van der Waals surface area contributed by atoms with Crippen LogP contribution in [-0.4, -0.2) is 22.2 Å². The highest BCUT2D eigenvalue weighted by molar-refractivity contribution is 8.16. The second kappa shape index (κ2) is 7.07. The number of para-hydroxylation sites is 2. The van der Waals surface area contributed by atoms with Gasteiger partial charge in [0.25, 0.3) is 0 Å². The Morgan fingerprint density at radius 1 is 1.17 bits per heavy atom. The summed E-state index contributed by atoms with van der Waals surface area (Å²) in [6.07, 6.45) is -0.0135. The highest BCUT2D eigenvalue weighted by Gasteiger charge is 2.39. The lowest BCUT2D eigenvalue weighted by Gasteiger charge is -2.15.